The van der Waals surface area contributed by atoms with Gasteiger partial charge in [0.25, 0.3) is 0 Å². The number of ether oxygens (including phenoxy) is 2. The zero-order chi connectivity index (χ0) is 18.8. The van der Waals surface area contributed by atoms with Gasteiger partial charge >= 0.3 is 6.61 Å². The second-order valence-electron chi connectivity index (χ2n) is 7.29. The third-order valence-electron chi connectivity index (χ3n) is 5.25. The molecule has 5 nitrogen and oxygen atoms in total. The number of guanidine groups is 1. The van der Waals surface area contributed by atoms with Crippen LogP contribution in [0.4, 0.5) is 8.78 Å². The van der Waals surface area contributed by atoms with Crippen molar-refractivity contribution in [3.05, 3.63) is 23.8 Å². The van der Waals surface area contributed by atoms with Gasteiger partial charge in [-0.2, -0.15) is 8.78 Å². The number of nitrogens with one attached hydrogen (secondary N) is 1. The van der Waals surface area contributed by atoms with Crippen LogP contribution in [-0.2, 0) is 6.54 Å². The quantitative estimate of drug-likeness (QED) is 0.649. The number of halogens is 2. The fraction of sp³-hybridized carbons (Fsp3) is 0.611. The van der Waals surface area contributed by atoms with Crippen LogP contribution in [0.15, 0.2) is 23.2 Å². The standard InChI is InChI=1S/C18H27F2N3O2/c1-17(2)11-23(18(17,3)4)16(21-5)22-10-12-7-8-13(24-6)14(9-12)25-15(19)20/h7-9,15H,10-11H2,1-6H3,(H,21,22). The van der Waals surface area contributed by atoms with E-state index in [4.69, 9.17) is 4.74 Å². The Labute approximate surface area is 148 Å². The Morgan fingerprint density at radius 2 is 1.96 bits per heavy atom. The lowest BCUT2D eigenvalue weighted by atomic mass is 9.65. The van der Waals surface area contributed by atoms with Crippen LogP contribution in [0, 0.1) is 5.41 Å². The molecule has 1 saturated heterocycles. The molecule has 0 spiro atoms. The molecule has 1 aromatic carbocycles. The number of methoxy groups -OCH3 is 1. The highest BCUT2D eigenvalue weighted by molar-refractivity contribution is 5.82. The predicted molar refractivity (Wildman–Crippen MR) is 94.4 cm³/mol. The monoisotopic (exact) mass is 355 g/mol. The Morgan fingerprint density at radius 1 is 1.28 bits per heavy atom. The second-order valence-corrected chi connectivity index (χ2v) is 7.29. The fourth-order valence-corrected chi connectivity index (χ4v) is 2.90. The van der Waals surface area contributed by atoms with Crippen molar-refractivity contribution in [3.8, 4) is 11.5 Å². The molecule has 0 aromatic heterocycles. The molecule has 0 saturated carbocycles. The van der Waals surface area contributed by atoms with Crippen LogP contribution in [0.5, 0.6) is 11.5 Å². The molecule has 1 fully saturated rings. The Kier molecular flexibility index (Phi) is 5.44. The van der Waals surface area contributed by atoms with E-state index in [0.29, 0.717) is 6.54 Å². The van der Waals surface area contributed by atoms with Gasteiger partial charge in [0.15, 0.2) is 17.5 Å². The van der Waals surface area contributed by atoms with Gasteiger partial charge in [0.2, 0.25) is 0 Å². The van der Waals surface area contributed by atoms with Crippen molar-refractivity contribution >= 4 is 5.96 Å². The molecule has 0 atom stereocenters. The molecule has 1 N–H and O–H groups in total. The number of hydrogen-bond acceptors (Lipinski definition) is 3. The molecule has 0 bridgehead atoms. The highest BCUT2D eigenvalue weighted by Gasteiger charge is 2.53. The van der Waals surface area contributed by atoms with Gasteiger partial charge in [0.1, 0.15) is 0 Å². The van der Waals surface area contributed by atoms with Gasteiger partial charge in [0.05, 0.1) is 7.11 Å². The van der Waals surface area contributed by atoms with Crippen molar-refractivity contribution < 1.29 is 18.3 Å². The third-order valence-corrected chi connectivity index (χ3v) is 5.25. The van der Waals surface area contributed by atoms with E-state index in [2.05, 4.69) is 47.6 Å². The summed E-state index contributed by atoms with van der Waals surface area (Å²) in [6.07, 6.45) is 0. The van der Waals surface area contributed by atoms with Gasteiger partial charge in [-0.3, -0.25) is 4.99 Å². The molecule has 0 radical (unpaired) electrons. The van der Waals surface area contributed by atoms with Crippen LogP contribution in [0.2, 0.25) is 0 Å². The Hall–Kier alpha value is -2.05. The van der Waals surface area contributed by atoms with Crippen LogP contribution in [-0.4, -0.2) is 43.7 Å². The summed E-state index contributed by atoms with van der Waals surface area (Å²) in [6, 6.07) is 4.98. The first-order chi connectivity index (χ1) is 11.6. The van der Waals surface area contributed by atoms with Gasteiger partial charge in [-0.25, -0.2) is 0 Å². The molecule has 1 heterocycles. The summed E-state index contributed by atoms with van der Waals surface area (Å²) in [5, 5.41) is 3.29. The number of rotatable bonds is 5. The molecule has 0 unspecified atom stereocenters. The molecule has 25 heavy (non-hydrogen) atoms. The number of nitrogens with zero attached hydrogens (tertiary/aromatic N) is 2. The lowest BCUT2D eigenvalue weighted by molar-refractivity contribution is -0.0668. The van der Waals surface area contributed by atoms with Gasteiger partial charge in [-0.05, 0) is 31.5 Å². The maximum atomic E-state index is 12.5. The SMILES string of the molecule is CN=C(NCc1ccc(OC)c(OC(F)F)c1)N1CC(C)(C)C1(C)C. The first kappa shape index (κ1) is 19.3. The zero-order valence-corrected chi connectivity index (χ0v) is 15.7. The third kappa shape index (κ3) is 3.80. The van der Waals surface area contributed by atoms with Crippen molar-refractivity contribution in [2.24, 2.45) is 10.4 Å². The summed E-state index contributed by atoms with van der Waals surface area (Å²) in [5.41, 5.74) is 0.983. The molecule has 1 aliphatic heterocycles. The minimum Gasteiger partial charge on any atom is -0.493 e. The van der Waals surface area contributed by atoms with E-state index in [0.717, 1.165) is 18.1 Å². The van der Waals surface area contributed by atoms with E-state index in [1.54, 1.807) is 19.2 Å². The summed E-state index contributed by atoms with van der Waals surface area (Å²) >= 11 is 0. The van der Waals surface area contributed by atoms with Crippen LogP contribution in [0.1, 0.15) is 33.3 Å². The van der Waals surface area contributed by atoms with Crippen molar-refractivity contribution in [2.75, 3.05) is 20.7 Å². The van der Waals surface area contributed by atoms with E-state index in [1.807, 2.05) is 6.07 Å². The summed E-state index contributed by atoms with van der Waals surface area (Å²) in [5.74, 6) is 1.09. The molecule has 0 amide bonds. The molecular weight excluding hydrogens is 328 g/mol. The zero-order valence-electron chi connectivity index (χ0n) is 15.7. The lowest BCUT2D eigenvalue weighted by Gasteiger charge is -2.62. The fourth-order valence-electron chi connectivity index (χ4n) is 2.90. The van der Waals surface area contributed by atoms with Crippen LogP contribution < -0.4 is 14.8 Å². The van der Waals surface area contributed by atoms with E-state index < -0.39 is 6.61 Å². The average molecular weight is 355 g/mol. The summed E-state index contributed by atoms with van der Waals surface area (Å²) in [7, 11) is 3.16. The molecule has 1 aromatic rings. The highest BCUT2D eigenvalue weighted by Crippen LogP contribution is 2.46. The van der Waals surface area contributed by atoms with Crippen LogP contribution >= 0.6 is 0 Å². The minimum atomic E-state index is -2.89. The molecule has 0 aliphatic carbocycles. The van der Waals surface area contributed by atoms with Gasteiger partial charge in [-0.1, -0.05) is 19.9 Å². The smallest absolute Gasteiger partial charge is 0.387 e. The van der Waals surface area contributed by atoms with Crippen molar-refractivity contribution in [1.29, 1.82) is 0 Å². The second kappa shape index (κ2) is 7.06. The number of alkyl halides is 2. The van der Waals surface area contributed by atoms with Crippen LogP contribution in [0.3, 0.4) is 0 Å². The summed E-state index contributed by atoms with van der Waals surface area (Å²) in [6.45, 7) is 7.29. The van der Waals surface area contributed by atoms with Gasteiger partial charge in [0, 0.05) is 31.1 Å². The molecule has 2 rings (SSSR count). The molecule has 140 valence electrons. The first-order valence-electron chi connectivity index (χ1n) is 8.22. The minimum absolute atomic E-state index is 0.0152. The normalized spacial score (nSPS) is 18.8. The first-order valence-corrected chi connectivity index (χ1v) is 8.22. The predicted octanol–water partition coefficient (Wildman–Crippen LogP) is 3.49. The van der Waals surface area contributed by atoms with E-state index in [9.17, 15) is 8.78 Å². The number of aliphatic imine (C=N–C) groups is 1. The van der Waals surface area contributed by atoms with Gasteiger partial charge in [-0.15, -0.1) is 0 Å². The maximum absolute atomic E-state index is 12.5. The maximum Gasteiger partial charge on any atom is 0.387 e. The van der Waals surface area contributed by atoms with Gasteiger partial charge < -0.3 is 19.7 Å². The number of benzene rings is 1. The van der Waals surface area contributed by atoms with Crippen LogP contribution in [0.25, 0.3) is 0 Å². The van der Waals surface area contributed by atoms with E-state index >= 15 is 0 Å². The summed E-state index contributed by atoms with van der Waals surface area (Å²) in [4.78, 5) is 6.56. The average Bonchev–Trinajstić information content (AvgIpc) is 2.54. The topological polar surface area (TPSA) is 46.1 Å². The summed E-state index contributed by atoms with van der Waals surface area (Å²) < 4.78 is 34.6. The number of hydrogen-bond donors (Lipinski definition) is 1. The Bertz CT molecular complexity index is 645. The Balaban J connectivity index is 2.07. The number of likely N-dealkylation sites (tertiary alicyclic amines) is 1. The van der Waals surface area contributed by atoms with E-state index in [-0.39, 0.29) is 22.5 Å². The van der Waals surface area contributed by atoms with Crippen molar-refractivity contribution in [3.63, 3.8) is 0 Å². The van der Waals surface area contributed by atoms with Crippen molar-refractivity contribution in [2.45, 2.75) is 46.4 Å². The lowest BCUT2D eigenvalue weighted by Crippen LogP contribution is -2.72. The van der Waals surface area contributed by atoms with Crippen molar-refractivity contribution in [1.82, 2.24) is 10.2 Å². The van der Waals surface area contributed by atoms with E-state index in [1.165, 1.54) is 7.11 Å². The molecular formula is C18H27F2N3O2. The highest BCUT2D eigenvalue weighted by atomic mass is 19.3. The Morgan fingerprint density at radius 3 is 2.44 bits per heavy atom. The molecule has 7 heteroatoms. The molecule has 1 aliphatic rings. The largest absolute Gasteiger partial charge is 0.493 e.